The molecule has 0 fully saturated rings. The third kappa shape index (κ3) is 4.20. The largest absolute Gasteiger partial charge is 0.307 e. The van der Waals surface area contributed by atoms with Crippen molar-refractivity contribution in [2.45, 2.75) is 25.2 Å². The van der Waals surface area contributed by atoms with Crippen molar-refractivity contribution in [1.82, 2.24) is 9.71 Å². The molecule has 1 heterocycles. The zero-order valence-electron chi connectivity index (χ0n) is 10.3. The van der Waals surface area contributed by atoms with Crippen LogP contribution < -0.4 is 16.0 Å². The van der Waals surface area contributed by atoms with E-state index in [9.17, 15) is 8.42 Å². The average molecular weight is 337 g/mol. The van der Waals surface area contributed by atoms with Gasteiger partial charge in [0.25, 0.3) is 0 Å². The van der Waals surface area contributed by atoms with Gasteiger partial charge < -0.3 is 5.43 Å². The first-order chi connectivity index (χ1) is 8.36. The second kappa shape index (κ2) is 6.46. The molecule has 0 aromatic carbocycles. The minimum Gasteiger partial charge on any atom is -0.307 e. The fourth-order valence-electron chi connectivity index (χ4n) is 1.29. The molecule has 0 radical (unpaired) electrons. The maximum atomic E-state index is 12.1. The highest BCUT2D eigenvalue weighted by Gasteiger charge is 2.19. The highest BCUT2D eigenvalue weighted by Crippen LogP contribution is 2.21. The van der Waals surface area contributed by atoms with Crippen molar-refractivity contribution in [1.29, 1.82) is 0 Å². The molecule has 1 rings (SSSR count). The summed E-state index contributed by atoms with van der Waals surface area (Å²) < 4.78 is 27.3. The van der Waals surface area contributed by atoms with Crippen LogP contribution in [0.3, 0.4) is 0 Å². The minimum atomic E-state index is -3.61. The minimum absolute atomic E-state index is 0.0307. The van der Waals surface area contributed by atoms with Crippen LogP contribution in [-0.2, 0) is 10.0 Å². The van der Waals surface area contributed by atoms with Crippen molar-refractivity contribution < 1.29 is 8.42 Å². The van der Waals surface area contributed by atoms with Gasteiger partial charge in [0.15, 0.2) is 5.82 Å². The van der Waals surface area contributed by atoms with Crippen LogP contribution in [0.1, 0.15) is 20.3 Å². The molecule has 0 atom stereocenters. The van der Waals surface area contributed by atoms with Crippen LogP contribution in [-0.4, -0.2) is 19.9 Å². The summed E-state index contributed by atoms with van der Waals surface area (Å²) in [6, 6.07) is 1.46. The van der Waals surface area contributed by atoms with Crippen molar-refractivity contribution >= 4 is 31.8 Å². The quantitative estimate of drug-likeness (QED) is 0.539. The first-order valence-corrected chi connectivity index (χ1v) is 7.76. The van der Waals surface area contributed by atoms with E-state index in [1.807, 2.05) is 13.8 Å². The normalized spacial score (nSPS) is 11.8. The number of pyridine rings is 1. The summed E-state index contributed by atoms with van der Waals surface area (Å²) in [5.41, 5.74) is 2.28. The Morgan fingerprint density at radius 1 is 1.50 bits per heavy atom. The topological polar surface area (TPSA) is 97.1 Å². The van der Waals surface area contributed by atoms with Gasteiger partial charge in [-0.1, -0.05) is 13.8 Å². The van der Waals surface area contributed by atoms with Gasteiger partial charge in [-0.15, -0.1) is 0 Å². The van der Waals surface area contributed by atoms with E-state index in [2.05, 4.69) is 31.1 Å². The zero-order valence-corrected chi connectivity index (χ0v) is 12.7. The summed E-state index contributed by atoms with van der Waals surface area (Å²) in [5, 5.41) is 0. The molecule has 0 amide bonds. The molecule has 0 saturated carbocycles. The van der Waals surface area contributed by atoms with Crippen LogP contribution in [0, 0.1) is 5.92 Å². The molecule has 6 nitrogen and oxygen atoms in total. The van der Waals surface area contributed by atoms with Gasteiger partial charge in [-0.2, -0.15) is 0 Å². The Balaban J connectivity index is 2.93. The first-order valence-electron chi connectivity index (χ1n) is 5.48. The third-order valence-corrected chi connectivity index (χ3v) is 4.17. The number of hydrogen-bond donors (Lipinski definition) is 3. The summed E-state index contributed by atoms with van der Waals surface area (Å²) in [6.07, 6.45) is 2.24. The van der Waals surface area contributed by atoms with E-state index in [1.54, 1.807) is 0 Å². The Bertz CT molecular complexity index is 505. The molecule has 1 aromatic heterocycles. The zero-order chi connectivity index (χ0) is 13.8. The van der Waals surface area contributed by atoms with Gasteiger partial charge in [0.1, 0.15) is 4.90 Å². The molecule has 0 aliphatic rings. The average Bonchev–Trinajstić information content (AvgIpc) is 2.28. The van der Waals surface area contributed by atoms with Gasteiger partial charge >= 0.3 is 0 Å². The fourth-order valence-corrected chi connectivity index (χ4v) is 2.97. The van der Waals surface area contributed by atoms with Crippen LogP contribution in [0.2, 0.25) is 0 Å². The van der Waals surface area contributed by atoms with Crippen molar-refractivity contribution in [2.75, 3.05) is 12.0 Å². The Morgan fingerprint density at radius 3 is 2.72 bits per heavy atom. The van der Waals surface area contributed by atoms with Gasteiger partial charge in [0.05, 0.1) is 0 Å². The van der Waals surface area contributed by atoms with Gasteiger partial charge in [0.2, 0.25) is 10.0 Å². The maximum Gasteiger partial charge on any atom is 0.244 e. The summed E-state index contributed by atoms with van der Waals surface area (Å²) in [5.74, 6) is 5.81. The Labute approximate surface area is 116 Å². The summed E-state index contributed by atoms with van der Waals surface area (Å²) in [7, 11) is -3.61. The Hall–Kier alpha value is -0.700. The van der Waals surface area contributed by atoms with E-state index in [0.717, 1.165) is 6.42 Å². The maximum absolute atomic E-state index is 12.1. The number of nitrogens with two attached hydrogens (primary N) is 1. The molecule has 8 heteroatoms. The second-order valence-electron chi connectivity index (χ2n) is 4.22. The highest BCUT2D eigenvalue weighted by molar-refractivity contribution is 9.10. The molecular weight excluding hydrogens is 320 g/mol. The van der Waals surface area contributed by atoms with Crippen LogP contribution in [0.5, 0.6) is 0 Å². The van der Waals surface area contributed by atoms with E-state index < -0.39 is 10.0 Å². The second-order valence-corrected chi connectivity index (χ2v) is 6.88. The number of hydrogen-bond acceptors (Lipinski definition) is 5. The van der Waals surface area contributed by atoms with Crippen LogP contribution in [0.15, 0.2) is 21.6 Å². The van der Waals surface area contributed by atoms with Crippen LogP contribution >= 0.6 is 15.9 Å². The predicted octanol–water partition coefficient (Wildman–Crippen LogP) is 1.45. The standard InChI is InChI=1S/C10H17BrN4O2S/c1-7(2)3-4-14-18(16,17)9-5-8(11)6-13-10(9)15-12/h5-7,14H,3-4,12H2,1-2H3,(H,13,15). The number of nitrogens with one attached hydrogen (secondary N) is 2. The number of nitrogen functional groups attached to an aromatic ring is 1. The van der Waals surface area contributed by atoms with E-state index >= 15 is 0 Å². The fraction of sp³-hybridized carbons (Fsp3) is 0.500. The lowest BCUT2D eigenvalue weighted by molar-refractivity contribution is 0.551. The van der Waals surface area contributed by atoms with Crippen molar-refractivity contribution in [3.63, 3.8) is 0 Å². The van der Waals surface area contributed by atoms with Gasteiger partial charge in [-0.05, 0) is 34.3 Å². The number of sulfonamides is 1. The number of rotatable bonds is 6. The lowest BCUT2D eigenvalue weighted by atomic mass is 10.1. The summed E-state index contributed by atoms with van der Waals surface area (Å²) >= 11 is 3.19. The first kappa shape index (κ1) is 15.4. The molecule has 102 valence electrons. The number of aromatic nitrogens is 1. The summed E-state index contributed by atoms with van der Waals surface area (Å²) in [4.78, 5) is 3.93. The molecule has 0 saturated heterocycles. The number of nitrogens with zero attached hydrogens (tertiary/aromatic N) is 1. The monoisotopic (exact) mass is 336 g/mol. The highest BCUT2D eigenvalue weighted by atomic mass is 79.9. The lowest BCUT2D eigenvalue weighted by Gasteiger charge is -2.11. The van der Waals surface area contributed by atoms with Crippen LogP contribution in [0.25, 0.3) is 0 Å². The van der Waals surface area contributed by atoms with Crippen LogP contribution in [0.4, 0.5) is 5.82 Å². The Kier molecular flexibility index (Phi) is 5.51. The van der Waals surface area contributed by atoms with E-state index in [4.69, 9.17) is 5.84 Å². The Morgan fingerprint density at radius 2 is 2.17 bits per heavy atom. The number of hydrazine groups is 1. The van der Waals surface area contributed by atoms with E-state index in [-0.39, 0.29) is 10.7 Å². The molecule has 0 aliphatic heterocycles. The van der Waals surface area contributed by atoms with Gasteiger partial charge in [-0.25, -0.2) is 24.0 Å². The lowest BCUT2D eigenvalue weighted by Crippen LogP contribution is -2.27. The van der Waals surface area contributed by atoms with Gasteiger partial charge in [-0.3, -0.25) is 0 Å². The molecule has 1 aromatic rings. The molecule has 0 unspecified atom stereocenters. The number of halogens is 1. The molecule has 18 heavy (non-hydrogen) atoms. The van der Waals surface area contributed by atoms with Gasteiger partial charge in [0, 0.05) is 17.2 Å². The van der Waals surface area contributed by atoms with Crippen molar-refractivity contribution in [3.05, 3.63) is 16.7 Å². The molecule has 0 aliphatic carbocycles. The third-order valence-electron chi connectivity index (χ3n) is 2.26. The summed E-state index contributed by atoms with van der Waals surface area (Å²) in [6.45, 7) is 4.44. The van der Waals surface area contributed by atoms with Crippen molar-refractivity contribution in [2.24, 2.45) is 11.8 Å². The smallest absolute Gasteiger partial charge is 0.244 e. The predicted molar refractivity (Wildman–Crippen MR) is 74.4 cm³/mol. The molecular formula is C10H17BrN4O2S. The number of anilines is 1. The van der Waals surface area contributed by atoms with Crippen molar-refractivity contribution in [3.8, 4) is 0 Å². The van der Waals surface area contributed by atoms with E-state index in [1.165, 1.54) is 12.3 Å². The molecule has 0 spiro atoms. The van der Waals surface area contributed by atoms with E-state index in [0.29, 0.717) is 16.9 Å². The molecule has 4 N–H and O–H groups in total. The molecule has 0 bridgehead atoms. The SMILES string of the molecule is CC(C)CCNS(=O)(=O)c1cc(Br)cnc1NN.